The second-order valence-electron chi connectivity index (χ2n) is 4.54. The van der Waals surface area contributed by atoms with Crippen LogP contribution in [-0.4, -0.2) is 9.78 Å². The van der Waals surface area contributed by atoms with E-state index in [0.29, 0.717) is 0 Å². The molecule has 0 saturated carbocycles. The van der Waals surface area contributed by atoms with E-state index in [1.807, 2.05) is 54.2 Å². The maximum absolute atomic E-state index is 4.55. The van der Waals surface area contributed by atoms with E-state index in [1.54, 1.807) is 0 Å². The van der Waals surface area contributed by atoms with E-state index >= 15 is 0 Å². The van der Waals surface area contributed by atoms with Gasteiger partial charge in [0.15, 0.2) is 0 Å². The van der Waals surface area contributed by atoms with E-state index in [0.717, 1.165) is 27.2 Å². The number of hydrogen-bond donors (Lipinski definition) is 1. The second kappa shape index (κ2) is 5.51. The molecule has 0 atom stereocenters. The van der Waals surface area contributed by atoms with Crippen LogP contribution in [0.4, 0.5) is 11.5 Å². The Balaban J connectivity index is 1.89. The van der Waals surface area contributed by atoms with Gasteiger partial charge in [0, 0.05) is 28.8 Å². The zero-order valence-electron chi connectivity index (χ0n) is 11.0. The van der Waals surface area contributed by atoms with Gasteiger partial charge in [-0.1, -0.05) is 46.3 Å². The van der Waals surface area contributed by atoms with Crippen LogP contribution in [0.15, 0.2) is 65.1 Å². The predicted molar refractivity (Wildman–Crippen MR) is 86.1 cm³/mol. The molecule has 0 aliphatic heterocycles. The third kappa shape index (κ3) is 2.75. The molecule has 1 N–H and O–H groups in total. The molecule has 1 heterocycles. The lowest BCUT2D eigenvalue weighted by Crippen LogP contribution is -1.98. The summed E-state index contributed by atoms with van der Waals surface area (Å²) < 4.78 is 2.92. The highest BCUT2D eigenvalue weighted by atomic mass is 79.9. The molecule has 0 saturated heterocycles. The lowest BCUT2D eigenvalue weighted by atomic mass is 10.1. The van der Waals surface area contributed by atoms with Gasteiger partial charge in [-0.25, -0.2) is 0 Å². The molecule has 0 fully saturated rings. The molecule has 2 aromatic carbocycles. The average molecular weight is 328 g/mol. The van der Waals surface area contributed by atoms with E-state index in [4.69, 9.17) is 0 Å². The van der Waals surface area contributed by atoms with Crippen LogP contribution in [0.25, 0.3) is 11.3 Å². The first kappa shape index (κ1) is 12.9. The Morgan fingerprint density at radius 2 is 1.70 bits per heavy atom. The van der Waals surface area contributed by atoms with E-state index in [1.165, 1.54) is 0 Å². The number of nitrogens with one attached hydrogen (secondary N) is 1. The summed E-state index contributed by atoms with van der Waals surface area (Å²) in [5.74, 6) is 0.967. The van der Waals surface area contributed by atoms with Gasteiger partial charge in [-0.15, -0.1) is 0 Å². The van der Waals surface area contributed by atoms with Crippen LogP contribution in [0, 0.1) is 0 Å². The van der Waals surface area contributed by atoms with Crippen molar-refractivity contribution in [2.24, 2.45) is 7.05 Å². The Labute approximate surface area is 126 Å². The lowest BCUT2D eigenvalue weighted by Gasteiger charge is -2.04. The highest BCUT2D eigenvalue weighted by Gasteiger charge is 2.07. The number of para-hydroxylation sites is 1. The third-order valence-electron chi connectivity index (χ3n) is 3.07. The number of nitrogens with zero attached hydrogens (tertiary/aromatic N) is 2. The molecule has 100 valence electrons. The molecule has 3 aromatic rings. The minimum atomic E-state index is 0.957. The molecular formula is C16H14BrN3. The number of benzene rings is 2. The number of anilines is 2. The van der Waals surface area contributed by atoms with Gasteiger partial charge in [0.1, 0.15) is 5.82 Å². The number of aryl methyl sites for hydroxylation is 1. The highest BCUT2D eigenvalue weighted by Crippen LogP contribution is 2.24. The van der Waals surface area contributed by atoms with Gasteiger partial charge < -0.3 is 5.32 Å². The van der Waals surface area contributed by atoms with Crippen molar-refractivity contribution in [2.75, 3.05) is 5.32 Å². The van der Waals surface area contributed by atoms with E-state index < -0.39 is 0 Å². The fraction of sp³-hybridized carbons (Fsp3) is 0.0625. The van der Waals surface area contributed by atoms with Gasteiger partial charge in [-0.2, -0.15) is 5.10 Å². The summed E-state index contributed by atoms with van der Waals surface area (Å²) in [4.78, 5) is 0. The van der Waals surface area contributed by atoms with Crippen LogP contribution < -0.4 is 5.32 Å². The number of hydrogen-bond acceptors (Lipinski definition) is 2. The number of aromatic nitrogens is 2. The summed E-state index contributed by atoms with van der Waals surface area (Å²) >= 11 is 3.44. The Kier molecular flexibility index (Phi) is 3.56. The van der Waals surface area contributed by atoms with E-state index in [-0.39, 0.29) is 0 Å². The van der Waals surface area contributed by atoms with Gasteiger partial charge in [-0.05, 0) is 24.3 Å². The third-order valence-corrected chi connectivity index (χ3v) is 3.59. The molecule has 0 aliphatic rings. The number of rotatable bonds is 3. The summed E-state index contributed by atoms with van der Waals surface area (Å²) in [7, 11) is 1.94. The quantitative estimate of drug-likeness (QED) is 0.762. The molecule has 20 heavy (non-hydrogen) atoms. The average Bonchev–Trinajstić information content (AvgIpc) is 2.82. The monoisotopic (exact) mass is 327 g/mol. The Bertz CT molecular complexity index is 702. The summed E-state index contributed by atoms with van der Waals surface area (Å²) in [6, 6.07) is 20.3. The Morgan fingerprint density at radius 1 is 1.00 bits per heavy atom. The maximum atomic E-state index is 4.55. The first-order valence-electron chi connectivity index (χ1n) is 6.34. The SMILES string of the molecule is Cn1nc(-c2ccc(Br)cc2)cc1Nc1ccccc1. The summed E-state index contributed by atoms with van der Waals surface area (Å²) in [6.07, 6.45) is 0. The summed E-state index contributed by atoms with van der Waals surface area (Å²) in [5.41, 5.74) is 3.11. The van der Waals surface area contributed by atoms with Crippen LogP contribution in [0.1, 0.15) is 0 Å². The van der Waals surface area contributed by atoms with Gasteiger partial charge in [-0.3, -0.25) is 4.68 Å². The van der Waals surface area contributed by atoms with Gasteiger partial charge in [0.25, 0.3) is 0 Å². The van der Waals surface area contributed by atoms with Crippen molar-refractivity contribution >= 4 is 27.4 Å². The van der Waals surface area contributed by atoms with Gasteiger partial charge in [0.05, 0.1) is 5.69 Å². The first-order chi connectivity index (χ1) is 9.72. The normalized spacial score (nSPS) is 10.5. The highest BCUT2D eigenvalue weighted by molar-refractivity contribution is 9.10. The predicted octanol–water partition coefficient (Wildman–Crippen LogP) is 4.59. The molecule has 4 heteroatoms. The van der Waals surface area contributed by atoms with Crippen molar-refractivity contribution in [3.63, 3.8) is 0 Å². The molecule has 0 radical (unpaired) electrons. The largest absolute Gasteiger partial charge is 0.340 e. The van der Waals surface area contributed by atoms with Crippen molar-refractivity contribution in [1.82, 2.24) is 9.78 Å². The molecule has 1 aromatic heterocycles. The standard InChI is InChI=1S/C16H14BrN3/c1-20-16(18-14-5-3-2-4-6-14)11-15(19-20)12-7-9-13(17)10-8-12/h2-11,18H,1H3. The molecule has 0 unspecified atom stereocenters. The van der Waals surface area contributed by atoms with E-state index in [9.17, 15) is 0 Å². The molecule has 0 amide bonds. The van der Waals surface area contributed by atoms with Crippen molar-refractivity contribution in [3.05, 3.63) is 65.1 Å². The summed E-state index contributed by atoms with van der Waals surface area (Å²) in [5, 5.41) is 7.91. The fourth-order valence-corrected chi connectivity index (χ4v) is 2.28. The smallest absolute Gasteiger partial charge is 0.128 e. The molecule has 0 bridgehead atoms. The van der Waals surface area contributed by atoms with Crippen LogP contribution >= 0.6 is 15.9 Å². The van der Waals surface area contributed by atoms with Gasteiger partial charge >= 0.3 is 0 Å². The first-order valence-corrected chi connectivity index (χ1v) is 7.14. The lowest BCUT2D eigenvalue weighted by molar-refractivity contribution is 0.780. The minimum absolute atomic E-state index is 0.957. The zero-order chi connectivity index (χ0) is 13.9. The Hall–Kier alpha value is -2.07. The van der Waals surface area contributed by atoms with Gasteiger partial charge in [0.2, 0.25) is 0 Å². The maximum Gasteiger partial charge on any atom is 0.128 e. The zero-order valence-corrected chi connectivity index (χ0v) is 12.6. The topological polar surface area (TPSA) is 29.9 Å². The molecular weight excluding hydrogens is 314 g/mol. The van der Waals surface area contributed by atoms with Crippen LogP contribution in [0.5, 0.6) is 0 Å². The van der Waals surface area contributed by atoms with Crippen molar-refractivity contribution in [2.45, 2.75) is 0 Å². The Morgan fingerprint density at radius 3 is 2.40 bits per heavy atom. The second-order valence-corrected chi connectivity index (χ2v) is 5.45. The summed E-state index contributed by atoms with van der Waals surface area (Å²) in [6.45, 7) is 0. The van der Waals surface area contributed by atoms with Crippen LogP contribution in [-0.2, 0) is 7.05 Å². The van der Waals surface area contributed by atoms with Crippen LogP contribution in [0.3, 0.4) is 0 Å². The number of halogens is 1. The van der Waals surface area contributed by atoms with E-state index in [2.05, 4.69) is 44.5 Å². The van der Waals surface area contributed by atoms with Crippen LogP contribution in [0.2, 0.25) is 0 Å². The molecule has 3 rings (SSSR count). The molecule has 0 aliphatic carbocycles. The fourth-order valence-electron chi connectivity index (χ4n) is 2.02. The molecule has 3 nitrogen and oxygen atoms in total. The molecule has 0 spiro atoms. The van der Waals surface area contributed by atoms with Crippen molar-refractivity contribution in [3.8, 4) is 11.3 Å². The van der Waals surface area contributed by atoms with Crippen molar-refractivity contribution < 1.29 is 0 Å². The minimum Gasteiger partial charge on any atom is -0.340 e. The van der Waals surface area contributed by atoms with Crippen molar-refractivity contribution in [1.29, 1.82) is 0 Å².